The van der Waals surface area contributed by atoms with Gasteiger partial charge in [0.05, 0.1) is 11.8 Å². The van der Waals surface area contributed by atoms with E-state index in [2.05, 4.69) is 10.1 Å². The van der Waals surface area contributed by atoms with E-state index in [1.807, 2.05) is 16.8 Å². The second kappa shape index (κ2) is 5.13. The minimum Gasteiger partial charge on any atom is -0.481 e. The number of hydrogen-bond donors (Lipinski definition) is 1. The fourth-order valence-corrected chi connectivity index (χ4v) is 3.25. The maximum Gasteiger partial charge on any atom is 0.307 e. The highest BCUT2D eigenvalue weighted by atomic mass is 32.1. The monoisotopic (exact) mass is 278 g/mol. The van der Waals surface area contributed by atoms with Crippen LogP contribution >= 0.6 is 11.3 Å². The molecule has 1 saturated carbocycles. The van der Waals surface area contributed by atoms with Crippen LogP contribution < -0.4 is 0 Å². The highest BCUT2D eigenvalue weighted by molar-refractivity contribution is 7.08. The topological polar surface area (TPSA) is 76.2 Å². The Bertz CT molecular complexity index is 564. The summed E-state index contributed by atoms with van der Waals surface area (Å²) < 4.78 is 5.29. The van der Waals surface area contributed by atoms with E-state index in [0.717, 1.165) is 24.8 Å². The lowest BCUT2D eigenvalue weighted by atomic mass is 9.79. The number of thiophene rings is 1. The van der Waals surface area contributed by atoms with Crippen LogP contribution in [0.2, 0.25) is 0 Å². The van der Waals surface area contributed by atoms with Crippen LogP contribution in [-0.4, -0.2) is 21.2 Å². The van der Waals surface area contributed by atoms with Gasteiger partial charge in [0.2, 0.25) is 11.7 Å². The minimum atomic E-state index is -0.764. The lowest BCUT2D eigenvalue weighted by Gasteiger charge is -2.25. The number of carbonyl (C=O) groups is 1. The molecule has 2 aromatic rings. The largest absolute Gasteiger partial charge is 0.481 e. The van der Waals surface area contributed by atoms with E-state index in [1.165, 1.54) is 0 Å². The van der Waals surface area contributed by atoms with Gasteiger partial charge in [0.15, 0.2) is 0 Å². The predicted octanol–water partition coefficient (Wildman–Crippen LogP) is 3.16. The molecule has 1 N–H and O–H groups in total. The van der Waals surface area contributed by atoms with Gasteiger partial charge in [0.25, 0.3) is 0 Å². The van der Waals surface area contributed by atoms with E-state index in [1.54, 1.807) is 11.3 Å². The van der Waals surface area contributed by atoms with Crippen LogP contribution in [0.5, 0.6) is 0 Å². The smallest absolute Gasteiger partial charge is 0.307 e. The molecule has 2 unspecified atom stereocenters. The van der Waals surface area contributed by atoms with Crippen molar-refractivity contribution in [1.29, 1.82) is 0 Å². The summed E-state index contributed by atoms with van der Waals surface area (Å²) >= 11 is 1.57. The maximum atomic E-state index is 11.3. The Balaban J connectivity index is 1.87. The second-order valence-corrected chi connectivity index (χ2v) is 5.58. The summed E-state index contributed by atoms with van der Waals surface area (Å²) in [5.41, 5.74) is 0.919. The van der Waals surface area contributed by atoms with Crippen LogP contribution in [0.3, 0.4) is 0 Å². The molecule has 6 heteroatoms. The summed E-state index contributed by atoms with van der Waals surface area (Å²) in [4.78, 5) is 15.7. The first-order valence-corrected chi connectivity index (χ1v) is 7.29. The molecule has 0 spiro atoms. The van der Waals surface area contributed by atoms with Gasteiger partial charge in [-0.1, -0.05) is 18.0 Å². The van der Waals surface area contributed by atoms with Crippen LogP contribution in [0, 0.1) is 5.92 Å². The van der Waals surface area contributed by atoms with Crippen molar-refractivity contribution in [1.82, 2.24) is 10.1 Å². The van der Waals surface area contributed by atoms with E-state index in [0.29, 0.717) is 18.1 Å². The zero-order valence-electron chi connectivity index (χ0n) is 10.3. The van der Waals surface area contributed by atoms with Crippen molar-refractivity contribution in [2.75, 3.05) is 0 Å². The summed E-state index contributed by atoms with van der Waals surface area (Å²) in [5.74, 6) is -0.296. The van der Waals surface area contributed by atoms with Gasteiger partial charge in [-0.3, -0.25) is 4.79 Å². The molecule has 0 radical (unpaired) electrons. The van der Waals surface area contributed by atoms with Crippen molar-refractivity contribution in [3.8, 4) is 11.4 Å². The van der Waals surface area contributed by atoms with E-state index < -0.39 is 11.9 Å². The van der Waals surface area contributed by atoms with Crippen LogP contribution in [0.25, 0.3) is 11.4 Å². The van der Waals surface area contributed by atoms with Crippen molar-refractivity contribution >= 4 is 17.3 Å². The summed E-state index contributed by atoms with van der Waals surface area (Å²) in [6, 6.07) is 1.93. The second-order valence-electron chi connectivity index (χ2n) is 4.80. The predicted molar refractivity (Wildman–Crippen MR) is 69.9 cm³/mol. The lowest BCUT2D eigenvalue weighted by Crippen LogP contribution is -2.25. The molecule has 3 rings (SSSR count). The van der Waals surface area contributed by atoms with E-state index in [-0.39, 0.29) is 5.92 Å². The van der Waals surface area contributed by atoms with E-state index in [4.69, 9.17) is 4.52 Å². The Morgan fingerprint density at radius 1 is 1.42 bits per heavy atom. The zero-order valence-corrected chi connectivity index (χ0v) is 11.1. The van der Waals surface area contributed by atoms with Crippen LogP contribution in [-0.2, 0) is 4.79 Å². The van der Waals surface area contributed by atoms with Crippen molar-refractivity contribution in [3.63, 3.8) is 0 Å². The molecule has 19 heavy (non-hydrogen) atoms. The molecule has 5 nitrogen and oxygen atoms in total. The molecule has 0 aliphatic heterocycles. The van der Waals surface area contributed by atoms with Gasteiger partial charge in [0.1, 0.15) is 0 Å². The van der Waals surface area contributed by atoms with Crippen LogP contribution in [0.4, 0.5) is 0 Å². The number of hydrogen-bond acceptors (Lipinski definition) is 5. The molecule has 100 valence electrons. The number of aromatic nitrogens is 2. The van der Waals surface area contributed by atoms with Crippen LogP contribution in [0.1, 0.15) is 37.5 Å². The van der Waals surface area contributed by atoms with Crippen LogP contribution in [0.15, 0.2) is 21.3 Å². The molecule has 2 atom stereocenters. The van der Waals surface area contributed by atoms with E-state index >= 15 is 0 Å². The van der Waals surface area contributed by atoms with E-state index in [9.17, 15) is 9.90 Å². The number of aliphatic carboxylic acids is 1. The first kappa shape index (κ1) is 12.3. The Hall–Kier alpha value is -1.69. The molecule has 0 amide bonds. The highest BCUT2D eigenvalue weighted by Gasteiger charge is 2.35. The number of carboxylic acids is 1. The Morgan fingerprint density at radius 3 is 3.00 bits per heavy atom. The molecular weight excluding hydrogens is 264 g/mol. The molecule has 1 aliphatic carbocycles. The van der Waals surface area contributed by atoms with Gasteiger partial charge in [-0.25, -0.2) is 0 Å². The Labute approximate surface area is 114 Å². The van der Waals surface area contributed by atoms with Gasteiger partial charge < -0.3 is 9.63 Å². The van der Waals surface area contributed by atoms with Crippen molar-refractivity contribution < 1.29 is 14.4 Å². The number of rotatable bonds is 3. The molecule has 0 aromatic carbocycles. The Morgan fingerprint density at radius 2 is 2.26 bits per heavy atom. The summed E-state index contributed by atoms with van der Waals surface area (Å²) in [6.07, 6.45) is 3.47. The van der Waals surface area contributed by atoms with Gasteiger partial charge in [-0.2, -0.15) is 16.3 Å². The molecule has 1 aliphatic rings. The van der Waals surface area contributed by atoms with Crippen molar-refractivity contribution in [3.05, 3.63) is 22.7 Å². The van der Waals surface area contributed by atoms with Gasteiger partial charge in [-0.15, -0.1) is 0 Å². The third-order valence-corrected chi connectivity index (χ3v) is 4.30. The molecule has 0 bridgehead atoms. The molecule has 0 saturated heterocycles. The van der Waals surface area contributed by atoms with Gasteiger partial charge in [0, 0.05) is 10.9 Å². The van der Waals surface area contributed by atoms with Gasteiger partial charge >= 0.3 is 5.97 Å². The quantitative estimate of drug-likeness (QED) is 0.933. The molecular formula is C13H14N2O3S. The molecule has 2 aromatic heterocycles. The summed E-state index contributed by atoms with van der Waals surface area (Å²) in [6.45, 7) is 0. The summed E-state index contributed by atoms with van der Waals surface area (Å²) in [7, 11) is 0. The average Bonchev–Trinajstić information content (AvgIpc) is 3.09. The SMILES string of the molecule is O=C(O)C1CCCCC1c1nc(-c2ccsc2)no1. The zero-order chi connectivity index (χ0) is 13.2. The molecule has 1 fully saturated rings. The first-order valence-electron chi connectivity index (χ1n) is 6.34. The fraction of sp³-hybridized carbons (Fsp3) is 0.462. The minimum absolute atomic E-state index is 0.147. The first-order chi connectivity index (χ1) is 9.25. The lowest BCUT2D eigenvalue weighted by molar-refractivity contribution is -0.143. The standard InChI is InChI=1S/C13H14N2O3S/c16-13(17)10-4-2-1-3-9(10)12-14-11(15-18-12)8-5-6-19-7-8/h5-7,9-10H,1-4H2,(H,16,17). The van der Waals surface area contributed by atoms with Crippen molar-refractivity contribution in [2.45, 2.75) is 31.6 Å². The fourth-order valence-electron chi connectivity index (χ4n) is 2.62. The maximum absolute atomic E-state index is 11.3. The summed E-state index contributed by atoms with van der Waals surface area (Å²) in [5, 5.41) is 17.1. The normalized spacial score (nSPS) is 23.4. The van der Waals surface area contributed by atoms with Crippen molar-refractivity contribution in [2.24, 2.45) is 5.92 Å². The highest BCUT2D eigenvalue weighted by Crippen LogP contribution is 2.37. The Kier molecular flexibility index (Phi) is 3.33. The third kappa shape index (κ3) is 2.40. The number of carboxylic acid groups (broad SMARTS) is 1. The third-order valence-electron chi connectivity index (χ3n) is 3.62. The van der Waals surface area contributed by atoms with Gasteiger partial charge in [-0.05, 0) is 24.3 Å². The molecule has 2 heterocycles. The number of nitrogens with zero attached hydrogens (tertiary/aromatic N) is 2. The average molecular weight is 278 g/mol.